The third kappa shape index (κ3) is 2.59. The number of carbonyl (C=O) groups is 1. The first-order valence-corrected chi connectivity index (χ1v) is 8.45. The van der Waals surface area contributed by atoms with Gasteiger partial charge in [0.1, 0.15) is 0 Å². The van der Waals surface area contributed by atoms with Gasteiger partial charge in [-0.2, -0.15) is 0 Å². The van der Waals surface area contributed by atoms with Crippen molar-refractivity contribution < 1.29 is 19.4 Å². The monoisotopic (exact) mass is 365 g/mol. The first kappa shape index (κ1) is 17.0. The smallest absolute Gasteiger partial charge is 0.337 e. The number of imidazole rings is 1. The van der Waals surface area contributed by atoms with Crippen molar-refractivity contribution in [3.63, 3.8) is 0 Å². The van der Waals surface area contributed by atoms with Gasteiger partial charge in [-0.3, -0.25) is 4.57 Å². The summed E-state index contributed by atoms with van der Waals surface area (Å²) in [4.78, 5) is 17.2. The van der Waals surface area contributed by atoms with Crippen molar-refractivity contribution in [2.24, 2.45) is 0 Å². The lowest BCUT2D eigenvalue weighted by Gasteiger charge is -2.30. The van der Waals surface area contributed by atoms with Gasteiger partial charge < -0.3 is 19.9 Å². The molecule has 4 rings (SSSR count). The van der Waals surface area contributed by atoms with Crippen LogP contribution in [0.25, 0.3) is 11.0 Å². The molecule has 0 unspecified atom stereocenters. The van der Waals surface area contributed by atoms with Crippen molar-refractivity contribution >= 4 is 23.0 Å². The summed E-state index contributed by atoms with van der Waals surface area (Å²) in [5.41, 5.74) is 3.51. The Bertz CT molecular complexity index is 1080. The van der Waals surface area contributed by atoms with Gasteiger partial charge >= 0.3 is 5.97 Å². The van der Waals surface area contributed by atoms with Crippen LogP contribution in [-0.4, -0.2) is 34.8 Å². The van der Waals surface area contributed by atoms with Crippen LogP contribution in [-0.2, 0) is 9.53 Å². The fraction of sp³-hybridized carbons (Fsp3) is 0.200. The minimum atomic E-state index is -0.502. The molecule has 1 aromatic heterocycles. The summed E-state index contributed by atoms with van der Waals surface area (Å²) in [6.07, 6.45) is 0. The number of phenols is 1. The highest BCUT2D eigenvalue weighted by atomic mass is 16.5. The van der Waals surface area contributed by atoms with Crippen LogP contribution in [0.3, 0.4) is 0 Å². The maximum atomic E-state index is 12.6. The third-order valence-electron chi connectivity index (χ3n) is 4.75. The lowest BCUT2D eigenvalue weighted by molar-refractivity contribution is -0.136. The average molecular weight is 365 g/mol. The lowest BCUT2D eigenvalue weighted by Crippen LogP contribution is -2.28. The number of carbonyl (C=O) groups excluding carboxylic acids is 1. The number of allylic oxidation sites excluding steroid dienone is 1. The van der Waals surface area contributed by atoms with Gasteiger partial charge in [-0.15, -0.1) is 0 Å². The summed E-state index contributed by atoms with van der Waals surface area (Å²) in [6, 6.07) is 12.3. The van der Waals surface area contributed by atoms with Crippen LogP contribution in [0.2, 0.25) is 0 Å². The minimum absolute atomic E-state index is 0.00127. The Morgan fingerprint density at radius 2 is 2.00 bits per heavy atom. The average Bonchev–Trinajstić information content (AvgIpc) is 3.04. The van der Waals surface area contributed by atoms with E-state index in [2.05, 4.69) is 10.3 Å². The maximum Gasteiger partial charge on any atom is 0.337 e. The van der Waals surface area contributed by atoms with Crippen LogP contribution in [0.1, 0.15) is 18.5 Å². The van der Waals surface area contributed by atoms with Crippen molar-refractivity contribution in [3.05, 3.63) is 59.3 Å². The molecule has 0 bridgehead atoms. The number of hydrogen-bond donors (Lipinski definition) is 2. The summed E-state index contributed by atoms with van der Waals surface area (Å²) < 4.78 is 12.1. The molecular weight excluding hydrogens is 346 g/mol. The predicted molar refractivity (Wildman–Crippen MR) is 101 cm³/mol. The highest BCUT2D eigenvalue weighted by Crippen LogP contribution is 2.41. The number of aromatic nitrogens is 2. The molecule has 0 fully saturated rings. The molecule has 1 atom stereocenters. The number of aromatic hydroxyl groups is 1. The molecule has 7 heteroatoms. The van der Waals surface area contributed by atoms with E-state index in [4.69, 9.17) is 9.47 Å². The predicted octanol–water partition coefficient (Wildman–Crippen LogP) is 3.21. The third-order valence-corrected chi connectivity index (χ3v) is 4.75. The fourth-order valence-corrected chi connectivity index (χ4v) is 3.53. The van der Waals surface area contributed by atoms with Crippen molar-refractivity contribution in [1.29, 1.82) is 0 Å². The molecule has 0 saturated heterocycles. The number of phenolic OH excluding ortho intramolecular Hbond substituents is 1. The van der Waals surface area contributed by atoms with Crippen molar-refractivity contribution in [1.82, 2.24) is 9.55 Å². The van der Waals surface area contributed by atoms with E-state index in [0.717, 1.165) is 16.6 Å². The molecule has 2 heterocycles. The standard InChI is InChI=1S/C20H19N3O4/c1-11-17(19(25)27-3)18(12-8-9-16(26-2)15(24)10-12)23-14-7-5-4-6-13(14)22-20(23)21-11/h4-10,18,24H,1-3H3,(H,21,22)/t18-/m0/s1. The van der Waals surface area contributed by atoms with Gasteiger partial charge in [-0.1, -0.05) is 18.2 Å². The maximum absolute atomic E-state index is 12.6. The van der Waals surface area contributed by atoms with E-state index in [1.807, 2.05) is 41.8 Å². The summed E-state index contributed by atoms with van der Waals surface area (Å²) in [5.74, 6) is 0.551. The highest BCUT2D eigenvalue weighted by Gasteiger charge is 2.35. The molecule has 0 radical (unpaired) electrons. The van der Waals surface area contributed by atoms with E-state index in [9.17, 15) is 9.90 Å². The largest absolute Gasteiger partial charge is 0.504 e. The van der Waals surface area contributed by atoms with Crippen LogP contribution in [0.4, 0.5) is 5.95 Å². The summed E-state index contributed by atoms with van der Waals surface area (Å²) in [5, 5.41) is 13.5. The molecule has 27 heavy (non-hydrogen) atoms. The van der Waals surface area contributed by atoms with Gasteiger partial charge in [0.15, 0.2) is 11.5 Å². The molecule has 3 aromatic rings. The topological polar surface area (TPSA) is 85.6 Å². The zero-order chi connectivity index (χ0) is 19.1. The second-order valence-corrected chi connectivity index (χ2v) is 6.28. The van der Waals surface area contributed by atoms with Crippen LogP contribution in [0.15, 0.2) is 53.7 Å². The molecule has 138 valence electrons. The SMILES string of the molecule is COC(=O)C1=C(C)Nc2nc3ccccc3n2[C@H]1c1ccc(OC)c(O)c1. The molecule has 0 saturated carbocycles. The number of hydrogen-bond acceptors (Lipinski definition) is 6. The second-order valence-electron chi connectivity index (χ2n) is 6.28. The number of methoxy groups -OCH3 is 2. The molecule has 0 spiro atoms. The molecule has 1 aliphatic heterocycles. The fourth-order valence-electron chi connectivity index (χ4n) is 3.53. The number of esters is 1. The zero-order valence-electron chi connectivity index (χ0n) is 15.2. The number of rotatable bonds is 3. The van der Waals surface area contributed by atoms with Crippen LogP contribution in [0, 0.1) is 0 Å². The van der Waals surface area contributed by atoms with Crippen LogP contribution in [0.5, 0.6) is 11.5 Å². The van der Waals surface area contributed by atoms with Crippen LogP contribution >= 0.6 is 0 Å². The number of fused-ring (bicyclic) bond motifs is 3. The van der Waals surface area contributed by atoms with E-state index in [1.54, 1.807) is 12.1 Å². The molecule has 1 aliphatic rings. The van der Waals surface area contributed by atoms with Gasteiger partial charge in [0.2, 0.25) is 5.95 Å². The Labute approximate surface area is 155 Å². The molecule has 2 aromatic carbocycles. The van der Waals surface area contributed by atoms with E-state index in [1.165, 1.54) is 14.2 Å². The van der Waals surface area contributed by atoms with Gasteiger partial charge in [0, 0.05) is 5.70 Å². The summed E-state index contributed by atoms with van der Waals surface area (Å²) in [7, 11) is 2.84. The number of para-hydroxylation sites is 2. The summed E-state index contributed by atoms with van der Waals surface area (Å²) >= 11 is 0. The first-order chi connectivity index (χ1) is 13.0. The Kier molecular flexibility index (Phi) is 3.99. The molecule has 0 amide bonds. The molecule has 0 aliphatic carbocycles. The van der Waals surface area contributed by atoms with Gasteiger partial charge in [0.05, 0.1) is 36.9 Å². The van der Waals surface area contributed by atoms with E-state index in [-0.39, 0.29) is 5.75 Å². The molecule has 7 nitrogen and oxygen atoms in total. The number of anilines is 1. The van der Waals surface area contributed by atoms with E-state index < -0.39 is 12.0 Å². The van der Waals surface area contributed by atoms with Crippen molar-refractivity contribution in [2.75, 3.05) is 19.5 Å². The molecular formula is C20H19N3O4. The number of nitrogens with one attached hydrogen (secondary N) is 1. The molecule has 2 N–H and O–H groups in total. The van der Waals surface area contributed by atoms with E-state index in [0.29, 0.717) is 23.0 Å². The van der Waals surface area contributed by atoms with E-state index >= 15 is 0 Å². The van der Waals surface area contributed by atoms with Crippen molar-refractivity contribution in [3.8, 4) is 11.5 Å². The highest BCUT2D eigenvalue weighted by molar-refractivity contribution is 5.94. The Hall–Kier alpha value is -3.48. The lowest BCUT2D eigenvalue weighted by atomic mass is 9.94. The van der Waals surface area contributed by atoms with Gasteiger partial charge in [-0.25, -0.2) is 9.78 Å². The quantitative estimate of drug-likeness (QED) is 0.693. The zero-order valence-corrected chi connectivity index (χ0v) is 15.2. The summed E-state index contributed by atoms with van der Waals surface area (Å²) in [6.45, 7) is 1.81. The minimum Gasteiger partial charge on any atom is -0.504 e. The normalized spacial score (nSPS) is 16.0. The van der Waals surface area contributed by atoms with Crippen LogP contribution < -0.4 is 10.1 Å². The Morgan fingerprint density at radius 1 is 1.22 bits per heavy atom. The van der Waals surface area contributed by atoms with Gasteiger partial charge in [-0.05, 0) is 36.8 Å². The van der Waals surface area contributed by atoms with Crippen molar-refractivity contribution in [2.45, 2.75) is 13.0 Å². The Balaban J connectivity index is 2.00. The first-order valence-electron chi connectivity index (χ1n) is 8.45. The Morgan fingerprint density at radius 3 is 2.70 bits per heavy atom. The number of ether oxygens (including phenoxy) is 2. The number of nitrogens with zero attached hydrogens (tertiary/aromatic N) is 2. The second kappa shape index (κ2) is 6.35. The van der Waals surface area contributed by atoms with Gasteiger partial charge in [0.25, 0.3) is 0 Å². The number of benzene rings is 2.